The van der Waals surface area contributed by atoms with Crippen molar-refractivity contribution in [3.8, 4) is 0 Å². The average molecular weight is 371 g/mol. The lowest BCUT2D eigenvalue weighted by molar-refractivity contribution is -0.138. The molecule has 0 amide bonds. The third kappa shape index (κ3) is 4.95. The molecular weight excluding hydrogens is 346 g/mol. The normalized spacial score (nSPS) is 11.6. The Balaban J connectivity index is 1.90. The lowest BCUT2D eigenvalue weighted by Gasteiger charge is -2.13. The molecule has 3 heteroatoms. The first-order valence-corrected chi connectivity index (χ1v) is 9.52. The van der Waals surface area contributed by atoms with E-state index in [4.69, 9.17) is 0 Å². The zero-order valence-electron chi connectivity index (χ0n) is 16.3. The molecule has 0 radical (unpaired) electrons. The SMILES string of the molecule is Cc1ccc(CCC(N=C(c2ccccc2)c2ccccc2)C(=O)O)cc1C. The first kappa shape index (κ1) is 19.6. The number of aryl methyl sites for hydroxylation is 3. The second-order valence-electron chi connectivity index (χ2n) is 7.02. The Morgan fingerprint density at radius 3 is 1.93 bits per heavy atom. The molecule has 0 aliphatic carbocycles. The van der Waals surface area contributed by atoms with Crippen LogP contribution in [0.4, 0.5) is 0 Å². The van der Waals surface area contributed by atoms with Crippen molar-refractivity contribution in [2.75, 3.05) is 0 Å². The second-order valence-corrected chi connectivity index (χ2v) is 7.02. The smallest absolute Gasteiger partial charge is 0.328 e. The van der Waals surface area contributed by atoms with E-state index in [-0.39, 0.29) is 0 Å². The zero-order valence-corrected chi connectivity index (χ0v) is 16.3. The molecule has 0 heterocycles. The van der Waals surface area contributed by atoms with E-state index in [1.54, 1.807) is 0 Å². The maximum Gasteiger partial charge on any atom is 0.328 e. The number of carboxylic acids is 1. The Kier molecular flexibility index (Phi) is 6.38. The number of nitrogens with zero attached hydrogens (tertiary/aromatic N) is 1. The van der Waals surface area contributed by atoms with Gasteiger partial charge in [-0.3, -0.25) is 4.99 Å². The van der Waals surface area contributed by atoms with Crippen molar-refractivity contribution in [1.29, 1.82) is 0 Å². The minimum atomic E-state index is -0.895. The van der Waals surface area contributed by atoms with Gasteiger partial charge in [-0.2, -0.15) is 0 Å². The van der Waals surface area contributed by atoms with Crippen LogP contribution in [0.1, 0.15) is 34.2 Å². The van der Waals surface area contributed by atoms with Crippen LogP contribution in [-0.4, -0.2) is 22.8 Å². The van der Waals surface area contributed by atoms with Gasteiger partial charge in [0.05, 0.1) is 5.71 Å². The van der Waals surface area contributed by atoms with Crippen LogP contribution < -0.4 is 0 Å². The van der Waals surface area contributed by atoms with Crippen molar-refractivity contribution in [2.24, 2.45) is 4.99 Å². The molecule has 1 unspecified atom stereocenters. The van der Waals surface area contributed by atoms with Crippen molar-refractivity contribution in [3.63, 3.8) is 0 Å². The number of rotatable bonds is 7. The van der Waals surface area contributed by atoms with Gasteiger partial charge in [0.2, 0.25) is 0 Å². The first-order chi connectivity index (χ1) is 13.5. The highest BCUT2D eigenvalue weighted by Gasteiger charge is 2.19. The lowest BCUT2D eigenvalue weighted by atomic mass is 9.99. The number of aliphatic imine (C=N–C) groups is 1. The molecule has 0 spiro atoms. The van der Waals surface area contributed by atoms with Gasteiger partial charge < -0.3 is 5.11 Å². The molecule has 0 saturated carbocycles. The van der Waals surface area contributed by atoms with Crippen LogP contribution in [0.15, 0.2) is 83.9 Å². The third-order valence-electron chi connectivity index (χ3n) is 4.94. The highest BCUT2D eigenvalue weighted by Crippen LogP contribution is 2.17. The van der Waals surface area contributed by atoms with Crippen LogP contribution in [0.3, 0.4) is 0 Å². The van der Waals surface area contributed by atoms with Crippen LogP contribution in [0.2, 0.25) is 0 Å². The highest BCUT2D eigenvalue weighted by molar-refractivity contribution is 6.13. The molecule has 0 fully saturated rings. The van der Waals surface area contributed by atoms with Crippen molar-refractivity contribution in [3.05, 3.63) is 107 Å². The fourth-order valence-corrected chi connectivity index (χ4v) is 3.17. The summed E-state index contributed by atoms with van der Waals surface area (Å²) in [4.78, 5) is 16.6. The van der Waals surface area contributed by atoms with Crippen LogP contribution in [0, 0.1) is 13.8 Å². The molecule has 3 aromatic carbocycles. The number of hydrogen-bond acceptors (Lipinski definition) is 2. The maximum atomic E-state index is 11.9. The van der Waals surface area contributed by atoms with E-state index in [1.807, 2.05) is 60.7 Å². The van der Waals surface area contributed by atoms with E-state index >= 15 is 0 Å². The molecule has 0 bridgehead atoms. The van der Waals surface area contributed by atoms with E-state index in [0.717, 1.165) is 16.7 Å². The molecule has 0 aliphatic heterocycles. The van der Waals surface area contributed by atoms with Crippen molar-refractivity contribution >= 4 is 11.7 Å². The largest absolute Gasteiger partial charge is 0.480 e. The van der Waals surface area contributed by atoms with Crippen molar-refractivity contribution in [2.45, 2.75) is 32.7 Å². The predicted octanol–water partition coefficient (Wildman–Crippen LogP) is 5.23. The van der Waals surface area contributed by atoms with E-state index < -0.39 is 12.0 Å². The number of carbonyl (C=O) groups is 1. The molecule has 3 aromatic rings. The summed E-state index contributed by atoms with van der Waals surface area (Å²) in [6.45, 7) is 4.16. The summed E-state index contributed by atoms with van der Waals surface area (Å²) in [6.07, 6.45) is 1.14. The minimum Gasteiger partial charge on any atom is -0.480 e. The van der Waals surface area contributed by atoms with Gasteiger partial charge in [0.15, 0.2) is 0 Å². The van der Waals surface area contributed by atoms with Gasteiger partial charge in [0.25, 0.3) is 0 Å². The van der Waals surface area contributed by atoms with Gasteiger partial charge >= 0.3 is 5.97 Å². The zero-order chi connectivity index (χ0) is 19.9. The quantitative estimate of drug-likeness (QED) is 0.578. The summed E-state index contributed by atoms with van der Waals surface area (Å²) >= 11 is 0. The molecular formula is C25H25NO2. The summed E-state index contributed by atoms with van der Waals surface area (Å²) in [7, 11) is 0. The van der Waals surface area contributed by atoms with E-state index in [0.29, 0.717) is 18.6 Å². The maximum absolute atomic E-state index is 11.9. The van der Waals surface area contributed by atoms with Crippen molar-refractivity contribution in [1.82, 2.24) is 0 Å². The summed E-state index contributed by atoms with van der Waals surface area (Å²) in [5.74, 6) is -0.895. The second kappa shape index (κ2) is 9.14. The molecule has 142 valence electrons. The lowest BCUT2D eigenvalue weighted by Crippen LogP contribution is -2.21. The summed E-state index contributed by atoms with van der Waals surface area (Å²) in [5.41, 5.74) is 6.17. The topological polar surface area (TPSA) is 49.7 Å². The molecule has 3 nitrogen and oxygen atoms in total. The molecule has 0 saturated heterocycles. The van der Waals surface area contributed by atoms with Gasteiger partial charge in [-0.05, 0) is 43.4 Å². The molecule has 1 N–H and O–H groups in total. The fraction of sp³-hybridized carbons (Fsp3) is 0.200. The van der Waals surface area contributed by atoms with Gasteiger partial charge in [-0.25, -0.2) is 4.79 Å². The highest BCUT2D eigenvalue weighted by atomic mass is 16.4. The first-order valence-electron chi connectivity index (χ1n) is 9.52. The molecule has 28 heavy (non-hydrogen) atoms. The Morgan fingerprint density at radius 1 is 0.857 bits per heavy atom. The van der Waals surface area contributed by atoms with Crippen LogP contribution >= 0.6 is 0 Å². The molecule has 1 atom stereocenters. The average Bonchev–Trinajstić information content (AvgIpc) is 2.71. The predicted molar refractivity (Wildman–Crippen MR) is 114 cm³/mol. The fourth-order valence-electron chi connectivity index (χ4n) is 3.17. The molecule has 0 aliphatic rings. The minimum absolute atomic E-state index is 0.459. The third-order valence-corrected chi connectivity index (χ3v) is 4.94. The number of benzene rings is 3. The Labute approximate surface area is 166 Å². The summed E-state index contributed by atoms with van der Waals surface area (Å²) in [6, 6.07) is 25.0. The number of carboxylic acid groups (broad SMARTS) is 1. The van der Waals surface area contributed by atoms with Gasteiger partial charge in [0, 0.05) is 11.1 Å². The monoisotopic (exact) mass is 371 g/mol. The Morgan fingerprint density at radius 2 is 1.43 bits per heavy atom. The van der Waals surface area contributed by atoms with Gasteiger partial charge in [0.1, 0.15) is 6.04 Å². The summed E-state index contributed by atoms with van der Waals surface area (Å²) < 4.78 is 0. The van der Waals surface area contributed by atoms with Crippen LogP contribution in [-0.2, 0) is 11.2 Å². The van der Waals surface area contributed by atoms with Crippen LogP contribution in [0.25, 0.3) is 0 Å². The summed E-state index contributed by atoms with van der Waals surface area (Å²) in [5, 5.41) is 9.79. The number of aliphatic carboxylic acids is 1. The van der Waals surface area contributed by atoms with E-state index in [1.165, 1.54) is 11.1 Å². The Hall–Kier alpha value is -3.20. The number of hydrogen-bond donors (Lipinski definition) is 1. The van der Waals surface area contributed by atoms with E-state index in [9.17, 15) is 9.90 Å². The van der Waals surface area contributed by atoms with Crippen LogP contribution in [0.5, 0.6) is 0 Å². The van der Waals surface area contributed by atoms with E-state index in [2.05, 4.69) is 37.0 Å². The standard InChI is InChI=1S/C25H25NO2/c1-18-13-14-20(17-19(18)2)15-16-23(25(27)28)26-24(21-9-5-3-6-10-21)22-11-7-4-8-12-22/h3-14,17,23H,15-16H2,1-2H3,(H,27,28). The van der Waals surface area contributed by atoms with Gasteiger partial charge in [-0.15, -0.1) is 0 Å². The van der Waals surface area contributed by atoms with Gasteiger partial charge in [-0.1, -0.05) is 78.9 Å². The van der Waals surface area contributed by atoms with Crippen molar-refractivity contribution < 1.29 is 9.90 Å². The molecule has 3 rings (SSSR count). The molecule has 0 aromatic heterocycles. The Bertz CT molecular complexity index is 921.